The summed E-state index contributed by atoms with van der Waals surface area (Å²) in [6.07, 6.45) is 7.23. The summed E-state index contributed by atoms with van der Waals surface area (Å²) in [5.74, 6) is -0.924. The van der Waals surface area contributed by atoms with Gasteiger partial charge in [-0.1, -0.05) is 50.3 Å². The second-order valence-electron chi connectivity index (χ2n) is 5.12. The number of carboxylic acids is 1. The minimum Gasteiger partial charge on any atom is -0.480 e. The second-order valence-corrected chi connectivity index (χ2v) is 6.79. The standard InChI is InChI=1S/C16H17NO4S2/c1-3-10(2)13(15(19)20)17-14(18)12(23-16(17)22)8-4-6-11-7-5-9-21-11/h4-10,13H,3H2,1-2H3,(H,19,20)/b6-4+,12-8+. The Bertz CT molecular complexity index is 664. The maximum Gasteiger partial charge on any atom is 0.327 e. The van der Waals surface area contributed by atoms with Crippen molar-refractivity contribution < 1.29 is 19.1 Å². The van der Waals surface area contributed by atoms with E-state index in [9.17, 15) is 14.7 Å². The minimum atomic E-state index is -1.04. The summed E-state index contributed by atoms with van der Waals surface area (Å²) in [4.78, 5) is 25.7. The van der Waals surface area contributed by atoms with Crippen LogP contribution in [0.25, 0.3) is 6.08 Å². The van der Waals surface area contributed by atoms with Crippen molar-refractivity contribution in [3.05, 3.63) is 41.2 Å². The topological polar surface area (TPSA) is 70.8 Å². The molecule has 1 saturated heterocycles. The molecule has 0 saturated carbocycles. The predicted octanol–water partition coefficient (Wildman–Crippen LogP) is 3.54. The Balaban J connectivity index is 2.20. The fraction of sp³-hybridized carbons (Fsp3) is 0.312. The fourth-order valence-electron chi connectivity index (χ4n) is 2.18. The van der Waals surface area contributed by atoms with E-state index >= 15 is 0 Å². The van der Waals surface area contributed by atoms with E-state index < -0.39 is 12.0 Å². The molecule has 1 aliphatic heterocycles. The number of nitrogens with zero attached hydrogens (tertiary/aromatic N) is 1. The number of carbonyl (C=O) groups excluding carboxylic acids is 1. The molecule has 0 aromatic carbocycles. The van der Waals surface area contributed by atoms with E-state index in [2.05, 4.69) is 0 Å². The zero-order chi connectivity index (χ0) is 17.0. The SMILES string of the molecule is CCC(C)C(C(=O)O)N1C(=O)/C(=C\C=C\c2ccco2)SC1=S. The van der Waals surface area contributed by atoms with Gasteiger partial charge in [0, 0.05) is 0 Å². The maximum atomic E-state index is 12.5. The lowest BCUT2D eigenvalue weighted by Gasteiger charge is -2.27. The Morgan fingerprint density at radius 2 is 2.30 bits per heavy atom. The molecule has 0 spiro atoms. The van der Waals surface area contributed by atoms with Crippen molar-refractivity contribution >= 4 is 46.3 Å². The Morgan fingerprint density at radius 3 is 2.87 bits per heavy atom. The van der Waals surface area contributed by atoms with Crippen LogP contribution in [0, 0.1) is 5.92 Å². The summed E-state index contributed by atoms with van der Waals surface area (Å²) in [5.41, 5.74) is 0. The van der Waals surface area contributed by atoms with Crippen LogP contribution in [0.4, 0.5) is 0 Å². The summed E-state index contributed by atoms with van der Waals surface area (Å²) in [6, 6.07) is 2.62. The van der Waals surface area contributed by atoms with Crippen molar-refractivity contribution in [3.8, 4) is 0 Å². The molecule has 23 heavy (non-hydrogen) atoms. The predicted molar refractivity (Wildman–Crippen MR) is 93.7 cm³/mol. The van der Waals surface area contributed by atoms with Crippen LogP contribution in [0.3, 0.4) is 0 Å². The van der Waals surface area contributed by atoms with Gasteiger partial charge in [0.05, 0.1) is 11.2 Å². The van der Waals surface area contributed by atoms with E-state index in [1.54, 1.807) is 43.5 Å². The first-order valence-electron chi connectivity index (χ1n) is 7.15. The van der Waals surface area contributed by atoms with Crippen LogP contribution in [0.1, 0.15) is 26.0 Å². The molecule has 1 aromatic rings. The monoisotopic (exact) mass is 351 g/mol. The normalized spacial score (nSPS) is 19.7. The molecule has 2 unspecified atom stereocenters. The zero-order valence-electron chi connectivity index (χ0n) is 12.8. The van der Waals surface area contributed by atoms with Crippen LogP contribution in [0.5, 0.6) is 0 Å². The van der Waals surface area contributed by atoms with Gasteiger partial charge in [-0.05, 0) is 30.2 Å². The quantitative estimate of drug-likeness (QED) is 0.624. The van der Waals surface area contributed by atoms with Gasteiger partial charge < -0.3 is 9.52 Å². The number of hydrogen-bond donors (Lipinski definition) is 1. The second kappa shape index (κ2) is 7.61. The van der Waals surface area contributed by atoms with Crippen molar-refractivity contribution in [1.82, 2.24) is 4.90 Å². The highest BCUT2D eigenvalue weighted by atomic mass is 32.2. The smallest absolute Gasteiger partial charge is 0.327 e. The molecule has 5 nitrogen and oxygen atoms in total. The third-order valence-electron chi connectivity index (χ3n) is 3.59. The summed E-state index contributed by atoms with van der Waals surface area (Å²) in [7, 11) is 0. The number of carboxylic acid groups (broad SMARTS) is 1. The first-order valence-corrected chi connectivity index (χ1v) is 8.38. The number of thiocarbonyl (C=S) groups is 1. The van der Waals surface area contributed by atoms with Crippen LogP contribution < -0.4 is 0 Å². The number of carbonyl (C=O) groups is 2. The average Bonchev–Trinajstić information content (AvgIpc) is 3.11. The Kier molecular flexibility index (Phi) is 5.79. The molecular formula is C16H17NO4S2. The number of allylic oxidation sites excluding steroid dienone is 2. The highest BCUT2D eigenvalue weighted by Crippen LogP contribution is 2.34. The molecule has 2 rings (SSSR count). The van der Waals surface area contributed by atoms with E-state index in [1.807, 2.05) is 6.92 Å². The third kappa shape index (κ3) is 3.92. The lowest BCUT2D eigenvalue weighted by molar-refractivity contribution is -0.147. The molecular weight excluding hydrogens is 334 g/mol. The van der Waals surface area contributed by atoms with Crippen molar-refractivity contribution in [2.45, 2.75) is 26.3 Å². The number of aliphatic carboxylic acids is 1. The molecule has 0 bridgehead atoms. The van der Waals surface area contributed by atoms with Gasteiger partial charge in [-0.15, -0.1) is 0 Å². The van der Waals surface area contributed by atoms with Gasteiger partial charge >= 0.3 is 5.97 Å². The van der Waals surface area contributed by atoms with Gasteiger partial charge in [0.15, 0.2) is 0 Å². The first-order chi connectivity index (χ1) is 11.0. The largest absolute Gasteiger partial charge is 0.480 e. The average molecular weight is 351 g/mol. The third-order valence-corrected chi connectivity index (χ3v) is 4.94. The van der Waals surface area contributed by atoms with Crippen molar-refractivity contribution in [1.29, 1.82) is 0 Å². The van der Waals surface area contributed by atoms with E-state index in [0.717, 1.165) is 11.8 Å². The Labute approximate surface area is 144 Å². The van der Waals surface area contributed by atoms with E-state index in [4.69, 9.17) is 16.6 Å². The van der Waals surface area contributed by atoms with Gasteiger partial charge in [-0.25, -0.2) is 4.79 Å². The molecule has 1 N–H and O–H groups in total. The van der Waals surface area contributed by atoms with Crippen LogP contribution in [-0.4, -0.2) is 32.2 Å². The molecule has 1 aromatic heterocycles. The van der Waals surface area contributed by atoms with Gasteiger partial charge in [0.25, 0.3) is 5.91 Å². The van der Waals surface area contributed by atoms with Gasteiger partial charge in [0.1, 0.15) is 16.1 Å². The minimum absolute atomic E-state index is 0.187. The van der Waals surface area contributed by atoms with E-state index in [-0.39, 0.29) is 16.1 Å². The molecule has 2 atom stereocenters. The van der Waals surface area contributed by atoms with E-state index in [1.165, 1.54) is 4.90 Å². The Hall–Kier alpha value is -1.86. The fourth-order valence-corrected chi connectivity index (χ4v) is 3.46. The van der Waals surface area contributed by atoms with Crippen LogP contribution in [0.15, 0.2) is 39.9 Å². The summed E-state index contributed by atoms with van der Waals surface area (Å²) in [5, 5.41) is 9.45. The highest BCUT2D eigenvalue weighted by Gasteiger charge is 2.42. The van der Waals surface area contributed by atoms with Crippen molar-refractivity contribution in [3.63, 3.8) is 0 Å². The molecule has 0 aliphatic carbocycles. The van der Waals surface area contributed by atoms with Gasteiger partial charge in [0.2, 0.25) is 0 Å². The lowest BCUT2D eigenvalue weighted by Crippen LogP contribution is -2.47. The molecule has 1 amide bonds. The summed E-state index contributed by atoms with van der Waals surface area (Å²) >= 11 is 6.33. The number of rotatable bonds is 6. The lowest BCUT2D eigenvalue weighted by atomic mass is 9.98. The van der Waals surface area contributed by atoms with Crippen molar-refractivity contribution in [2.24, 2.45) is 5.92 Å². The maximum absolute atomic E-state index is 12.5. The molecule has 1 aliphatic rings. The van der Waals surface area contributed by atoms with Gasteiger partial charge in [-0.3, -0.25) is 9.69 Å². The first kappa shape index (κ1) is 17.5. The number of furan rings is 1. The van der Waals surface area contributed by atoms with Crippen molar-refractivity contribution in [2.75, 3.05) is 0 Å². The molecule has 0 radical (unpaired) electrons. The van der Waals surface area contributed by atoms with Gasteiger partial charge in [-0.2, -0.15) is 0 Å². The van der Waals surface area contributed by atoms with E-state index in [0.29, 0.717) is 17.1 Å². The zero-order valence-corrected chi connectivity index (χ0v) is 14.4. The molecule has 1 fully saturated rings. The summed E-state index contributed by atoms with van der Waals surface area (Å²) in [6.45, 7) is 3.69. The van der Waals surface area contributed by atoms with Crippen LogP contribution in [-0.2, 0) is 9.59 Å². The number of hydrogen-bond acceptors (Lipinski definition) is 5. The van der Waals surface area contributed by atoms with Crippen LogP contribution in [0.2, 0.25) is 0 Å². The molecule has 2 heterocycles. The number of thioether (sulfide) groups is 1. The highest BCUT2D eigenvalue weighted by molar-refractivity contribution is 8.26. The summed E-state index contributed by atoms with van der Waals surface area (Å²) < 4.78 is 5.44. The molecule has 122 valence electrons. The molecule has 7 heteroatoms. The van der Waals surface area contributed by atoms with Crippen LogP contribution >= 0.6 is 24.0 Å². The number of amides is 1. The Morgan fingerprint density at radius 1 is 1.57 bits per heavy atom.